The van der Waals surface area contributed by atoms with Crippen LogP contribution in [-0.2, 0) is 13.0 Å². The van der Waals surface area contributed by atoms with Crippen LogP contribution >= 0.6 is 0 Å². The van der Waals surface area contributed by atoms with E-state index in [0.717, 1.165) is 35.2 Å². The van der Waals surface area contributed by atoms with E-state index in [1.54, 1.807) is 0 Å². The summed E-state index contributed by atoms with van der Waals surface area (Å²) in [6.45, 7) is 7.02. The molecule has 2 aromatic heterocycles. The predicted octanol–water partition coefficient (Wildman–Crippen LogP) is 3.87. The van der Waals surface area contributed by atoms with E-state index < -0.39 is 0 Å². The Bertz CT molecular complexity index is 946. The molecule has 130 valence electrons. The highest BCUT2D eigenvalue weighted by molar-refractivity contribution is 5.80. The van der Waals surface area contributed by atoms with Crippen molar-refractivity contribution in [2.24, 2.45) is 0 Å². The van der Waals surface area contributed by atoms with Crippen LogP contribution in [0.2, 0.25) is 0 Å². The minimum atomic E-state index is -0.297. The maximum absolute atomic E-state index is 11.6. The summed E-state index contributed by atoms with van der Waals surface area (Å²) in [5.74, 6) is 0. The normalized spacial score (nSPS) is 12.7. The van der Waals surface area contributed by atoms with Gasteiger partial charge in [0.25, 0.3) is 0 Å². The maximum atomic E-state index is 11.6. The molecule has 0 radical (unpaired) electrons. The van der Waals surface area contributed by atoms with Gasteiger partial charge in [0.05, 0.1) is 0 Å². The van der Waals surface area contributed by atoms with Crippen LogP contribution in [0.5, 0.6) is 0 Å². The fourth-order valence-electron chi connectivity index (χ4n) is 3.08. The number of benzene rings is 1. The summed E-state index contributed by atoms with van der Waals surface area (Å²) in [7, 11) is 2.11. The number of pyridine rings is 1. The molecule has 0 fully saturated rings. The SMILES string of the molecule is Cc1ccnc(C[C@@H](C)N(C)Cc2ccc3c(C)cc(=O)oc3c2)c1. The highest BCUT2D eigenvalue weighted by Gasteiger charge is 2.12. The lowest BCUT2D eigenvalue weighted by atomic mass is 10.1. The van der Waals surface area contributed by atoms with E-state index in [1.165, 1.54) is 11.6 Å². The Balaban J connectivity index is 1.74. The summed E-state index contributed by atoms with van der Waals surface area (Å²) in [6.07, 6.45) is 2.77. The molecule has 2 heterocycles. The number of nitrogens with zero attached hydrogens (tertiary/aromatic N) is 2. The van der Waals surface area contributed by atoms with E-state index in [2.05, 4.69) is 42.9 Å². The van der Waals surface area contributed by atoms with Gasteiger partial charge in [0.1, 0.15) is 5.58 Å². The molecule has 0 aliphatic heterocycles. The van der Waals surface area contributed by atoms with Crippen molar-refractivity contribution in [1.82, 2.24) is 9.88 Å². The first-order chi connectivity index (χ1) is 11.9. The van der Waals surface area contributed by atoms with Gasteiger partial charge in [0.2, 0.25) is 0 Å². The van der Waals surface area contributed by atoms with Gasteiger partial charge in [-0.3, -0.25) is 9.88 Å². The van der Waals surface area contributed by atoms with Gasteiger partial charge in [-0.1, -0.05) is 12.1 Å². The van der Waals surface area contributed by atoms with E-state index in [4.69, 9.17) is 4.42 Å². The van der Waals surface area contributed by atoms with Crippen LogP contribution in [0.25, 0.3) is 11.0 Å². The standard InChI is InChI=1S/C21H24N2O2/c1-14-7-8-22-18(9-14)11-16(3)23(4)13-17-5-6-19-15(2)10-21(24)25-20(19)12-17/h5-10,12,16H,11,13H2,1-4H3/t16-/m1/s1. The van der Waals surface area contributed by atoms with Crippen LogP contribution in [0.1, 0.15) is 29.3 Å². The van der Waals surface area contributed by atoms with E-state index >= 15 is 0 Å². The first-order valence-electron chi connectivity index (χ1n) is 8.57. The Morgan fingerprint density at radius 3 is 2.72 bits per heavy atom. The molecule has 4 heteroatoms. The van der Waals surface area contributed by atoms with Crippen molar-refractivity contribution in [3.05, 3.63) is 75.4 Å². The molecule has 0 N–H and O–H groups in total. The molecule has 0 saturated heterocycles. The number of hydrogen-bond donors (Lipinski definition) is 0. The Labute approximate surface area is 148 Å². The van der Waals surface area contributed by atoms with Crippen LogP contribution in [0.3, 0.4) is 0 Å². The van der Waals surface area contributed by atoms with Crippen LogP contribution in [-0.4, -0.2) is 23.0 Å². The van der Waals surface area contributed by atoms with Gasteiger partial charge in [0, 0.05) is 42.4 Å². The van der Waals surface area contributed by atoms with Crippen LogP contribution in [0.15, 0.2) is 51.8 Å². The van der Waals surface area contributed by atoms with E-state index in [1.807, 2.05) is 31.3 Å². The monoisotopic (exact) mass is 336 g/mol. The molecule has 3 rings (SSSR count). The molecule has 4 nitrogen and oxygen atoms in total. The number of fused-ring (bicyclic) bond motifs is 1. The molecule has 0 bridgehead atoms. The number of aryl methyl sites for hydroxylation is 2. The van der Waals surface area contributed by atoms with Crippen molar-refractivity contribution >= 4 is 11.0 Å². The lowest BCUT2D eigenvalue weighted by Crippen LogP contribution is -2.30. The summed E-state index contributed by atoms with van der Waals surface area (Å²) >= 11 is 0. The third kappa shape index (κ3) is 4.15. The van der Waals surface area contributed by atoms with Crippen LogP contribution in [0, 0.1) is 13.8 Å². The summed E-state index contributed by atoms with van der Waals surface area (Å²) in [6, 6.07) is 12.1. The first-order valence-corrected chi connectivity index (χ1v) is 8.57. The number of rotatable bonds is 5. The van der Waals surface area contributed by atoms with E-state index in [0.29, 0.717) is 11.6 Å². The fourth-order valence-corrected chi connectivity index (χ4v) is 3.08. The van der Waals surface area contributed by atoms with Gasteiger partial charge in [-0.25, -0.2) is 4.79 Å². The summed E-state index contributed by atoms with van der Waals surface area (Å²) in [4.78, 5) is 18.3. The lowest BCUT2D eigenvalue weighted by molar-refractivity contribution is 0.247. The van der Waals surface area contributed by atoms with Crippen molar-refractivity contribution in [3.8, 4) is 0 Å². The summed E-state index contributed by atoms with van der Waals surface area (Å²) < 4.78 is 5.35. The average Bonchev–Trinajstić information content (AvgIpc) is 2.54. The summed E-state index contributed by atoms with van der Waals surface area (Å²) in [5.41, 5.74) is 4.79. The lowest BCUT2D eigenvalue weighted by Gasteiger charge is -2.24. The predicted molar refractivity (Wildman–Crippen MR) is 101 cm³/mol. The van der Waals surface area contributed by atoms with E-state index in [9.17, 15) is 4.79 Å². The second-order valence-electron chi connectivity index (χ2n) is 6.87. The van der Waals surface area contributed by atoms with Gasteiger partial charge >= 0.3 is 5.63 Å². The molecular weight excluding hydrogens is 312 g/mol. The first kappa shape index (κ1) is 17.4. The molecule has 0 unspecified atom stereocenters. The highest BCUT2D eigenvalue weighted by atomic mass is 16.4. The fraction of sp³-hybridized carbons (Fsp3) is 0.333. The quantitative estimate of drug-likeness (QED) is 0.664. The molecule has 0 aliphatic rings. The number of hydrogen-bond acceptors (Lipinski definition) is 4. The minimum absolute atomic E-state index is 0.297. The zero-order valence-corrected chi connectivity index (χ0v) is 15.2. The average molecular weight is 336 g/mol. The van der Waals surface area contributed by atoms with Crippen LogP contribution in [0.4, 0.5) is 0 Å². The van der Waals surface area contributed by atoms with Gasteiger partial charge in [-0.15, -0.1) is 0 Å². The van der Waals surface area contributed by atoms with Crippen molar-refractivity contribution in [2.45, 2.75) is 39.8 Å². The summed E-state index contributed by atoms with van der Waals surface area (Å²) in [5, 5.41) is 0.989. The topological polar surface area (TPSA) is 46.3 Å². The maximum Gasteiger partial charge on any atom is 0.336 e. The third-order valence-electron chi connectivity index (χ3n) is 4.68. The second-order valence-corrected chi connectivity index (χ2v) is 6.87. The largest absolute Gasteiger partial charge is 0.423 e. The molecule has 0 amide bonds. The van der Waals surface area contributed by atoms with Crippen molar-refractivity contribution in [2.75, 3.05) is 7.05 Å². The second kappa shape index (κ2) is 7.19. The van der Waals surface area contributed by atoms with Crippen molar-refractivity contribution in [1.29, 1.82) is 0 Å². The van der Waals surface area contributed by atoms with Gasteiger partial charge in [-0.2, -0.15) is 0 Å². The zero-order valence-electron chi connectivity index (χ0n) is 15.2. The number of likely N-dealkylation sites (N-methyl/N-ethyl adjacent to an activating group) is 1. The Kier molecular flexibility index (Phi) is 5.00. The van der Waals surface area contributed by atoms with Crippen molar-refractivity contribution in [3.63, 3.8) is 0 Å². The zero-order chi connectivity index (χ0) is 18.0. The molecule has 0 aliphatic carbocycles. The molecule has 3 aromatic rings. The molecule has 0 spiro atoms. The van der Waals surface area contributed by atoms with Crippen molar-refractivity contribution < 1.29 is 4.42 Å². The number of aromatic nitrogens is 1. The third-order valence-corrected chi connectivity index (χ3v) is 4.68. The Hall–Kier alpha value is -2.46. The minimum Gasteiger partial charge on any atom is -0.423 e. The smallest absolute Gasteiger partial charge is 0.336 e. The molecule has 1 aromatic carbocycles. The molecule has 25 heavy (non-hydrogen) atoms. The highest BCUT2D eigenvalue weighted by Crippen LogP contribution is 2.19. The molecule has 1 atom stereocenters. The van der Waals surface area contributed by atoms with Gasteiger partial charge in [-0.05, 0) is 62.7 Å². The van der Waals surface area contributed by atoms with Gasteiger partial charge in [0.15, 0.2) is 0 Å². The van der Waals surface area contributed by atoms with E-state index in [-0.39, 0.29) is 5.63 Å². The Morgan fingerprint density at radius 1 is 1.16 bits per heavy atom. The molecular formula is C21H24N2O2. The van der Waals surface area contributed by atoms with Gasteiger partial charge < -0.3 is 4.42 Å². The van der Waals surface area contributed by atoms with Crippen LogP contribution < -0.4 is 5.63 Å². The molecule has 0 saturated carbocycles. The Morgan fingerprint density at radius 2 is 1.96 bits per heavy atom.